The van der Waals surface area contributed by atoms with Gasteiger partial charge in [0, 0.05) is 14.6 Å². The average molecular weight is 291 g/mol. The van der Waals surface area contributed by atoms with Gasteiger partial charge in [-0.2, -0.15) is 0 Å². The fourth-order valence-electron chi connectivity index (χ4n) is 1.78. The molecule has 1 aromatic carbocycles. The molecule has 1 amide bonds. The van der Waals surface area contributed by atoms with Crippen LogP contribution >= 0.6 is 24.0 Å². The molecule has 1 N–H and O–H groups in total. The van der Waals surface area contributed by atoms with Crippen LogP contribution in [0.2, 0.25) is 0 Å². The van der Waals surface area contributed by atoms with Crippen LogP contribution in [0.5, 0.6) is 0 Å². The van der Waals surface area contributed by atoms with E-state index < -0.39 is 0 Å². The number of nitrogens with one attached hydrogen (secondary N) is 1. The molecule has 0 atom stereocenters. The molecule has 2 nitrogen and oxygen atoms in total. The van der Waals surface area contributed by atoms with Crippen molar-refractivity contribution in [1.82, 2.24) is 5.32 Å². The molecule has 0 spiro atoms. The predicted octanol–water partition coefficient (Wildman–Crippen LogP) is 3.51. The third-order valence-electron chi connectivity index (χ3n) is 2.98. The Kier molecular flexibility index (Phi) is 4.66. The minimum absolute atomic E-state index is 0.0515. The van der Waals surface area contributed by atoms with E-state index in [0.29, 0.717) is 13.0 Å². The van der Waals surface area contributed by atoms with Crippen LogP contribution in [0.3, 0.4) is 0 Å². The number of thiophene rings is 1. The van der Waals surface area contributed by atoms with E-state index in [1.807, 2.05) is 24.3 Å². The quantitative estimate of drug-likeness (QED) is 0.829. The summed E-state index contributed by atoms with van der Waals surface area (Å²) in [5, 5.41) is 2.95. The summed E-state index contributed by atoms with van der Waals surface area (Å²) in [6, 6.07) is 9.80. The highest BCUT2D eigenvalue weighted by molar-refractivity contribution is 7.80. The van der Waals surface area contributed by atoms with Crippen molar-refractivity contribution >= 4 is 29.9 Å². The molecule has 0 unspecified atom stereocenters. The Balaban J connectivity index is 1.86. The first-order chi connectivity index (χ1) is 9.04. The molecular weight excluding hydrogens is 274 g/mol. The standard InChI is InChI=1S/C15H17NOS2/c1-10-7-14(19-11(10)2)9-16-15(17)8-12-3-5-13(18)6-4-12/h3-7,18H,8-9H2,1-2H3,(H,16,17). The van der Waals surface area contributed by atoms with Gasteiger partial charge in [0.05, 0.1) is 13.0 Å². The van der Waals surface area contributed by atoms with Crippen LogP contribution < -0.4 is 5.32 Å². The lowest BCUT2D eigenvalue weighted by atomic mass is 10.1. The first-order valence-electron chi connectivity index (χ1n) is 6.15. The van der Waals surface area contributed by atoms with Gasteiger partial charge in [0.2, 0.25) is 5.91 Å². The van der Waals surface area contributed by atoms with Crippen molar-refractivity contribution in [2.24, 2.45) is 0 Å². The highest BCUT2D eigenvalue weighted by Gasteiger charge is 2.05. The van der Waals surface area contributed by atoms with Crippen LogP contribution in [-0.4, -0.2) is 5.91 Å². The Bertz CT molecular complexity index is 553. The van der Waals surface area contributed by atoms with Crippen LogP contribution in [0.4, 0.5) is 0 Å². The van der Waals surface area contributed by atoms with Crippen molar-refractivity contribution in [1.29, 1.82) is 0 Å². The van der Waals surface area contributed by atoms with Gasteiger partial charge in [0.1, 0.15) is 0 Å². The van der Waals surface area contributed by atoms with Gasteiger partial charge in [-0.15, -0.1) is 24.0 Å². The Morgan fingerprint density at radius 3 is 2.53 bits per heavy atom. The maximum atomic E-state index is 11.8. The largest absolute Gasteiger partial charge is 0.351 e. The monoisotopic (exact) mass is 291 g/mol. The number of carbonyl (C=O) groups is 1. The molecule has 0 aliphatic heterocycles. The second-order valence-electron chi connectivity index (χ2n) is 4.57. The van der Waals surface area contributed by atoms with Gasteiger partial charge < -0.3 is 5.32 Å². The minimum atomic E-state index is 0.0515. The van der Waals surface area contributed by atoms with Gasteiger partial charge in [-0.3, -0.25) is 4.79 Å². The van der Waals surface area contributed by atoms with Gasteiger partial charge in [-0.05, 0) is 43.2 Å². The van der Waals surface area contributed by atoms with Crippen molar-refractivity contribution < 1.29 is 4.79 Å². The highest BCUT2D eigenvalue weighted by atomic mass is 32.1. The summed E-state index contributed by atoms with van der Waals surface area (Å²) in [7, 11) is 0. The molecular formula is C15H17NOS2. The number of carbonyl (C=O) groups excluding carboxylic acids is 1. The van der Waals surface area contributed by atoms with Crippen molar-refractivity contribution in [3.63, 3.8) is 0 Å². The fourth-order valence-corrected chi connectivity index (χ4v) is 2.93. The normalized spacial score (nSPS) is 10.5. The summed E-state index contributed by atoms with van der Waals surface area (Å²) in [5.74, 6) is 0.0515. The van der Waals surface area contributed by atoms with E-state index in [-0.39, 0.29) is 5.91 Å². The SMILES string of the molecule is Cc1cc(CNC(=O)Cc2ccc(S)cc2)sc1C. The number of rotatable bonds is 4. The Hall–Kier alpha value is -1.26. The summed E-state index contributed by atoms with van der Waals surface area (Å²) in [5.41, 5.74) is 2.30. The number of amides is 1. The molecule has 0 bridgehead atoms. The zero-order valence-corrected chi connectivity index (χ0v) is 12.8. The molecule has 19 heavy (non-hydrogen) atoms. The van der Waals surface area contributed by atoms with E-state index in [1.54, 1.807) is 11.3 Å². The molecule has 0 saturated heterocycles. The second-order valence-corrected chi connectivity index (χ2v) is 6.43. The third kappa shape index (κ3) is 4.11. The molecule has 1 heterocycles. The van der Waals surface area contributed by atoms with Crippen molar-refractivity contribution in [2.75, 3.05) is 0 Å². The molecule has 1 aromatic heterocycles. The van der Waals surface area contributed by atoms with E-state index in [4.69, 9.17) is 0 Å². The summed E-state index contributed by atoms with van der Waals surface area (Å²) >= 11 is 5.96. The predicted molar refractivity (Wildman–Crippen MR) is 83.0 cm³/mol. The average Bonchev–Trinajstić information content (AvgIpc) is 2.69. The third-order valence-corrected chi connectivity index (χ3v) is 4.43. The van der Waals surface area contributed by atoms with Crippen LogP contribution in [0, 0.1) is 13.8 Å². The maximum Gasteiger partial charge on any atom is 0.224 e. The van der Waals surface area contributed by atoms with E-state index in [1.165, 1.54) is 15.3 Å². The molecule has 0 radical (unpaired) electrons. The Labute approximate surface area is 123 Å². The molecule has 2 aromatic rings. The summed E-state index contributed by atoms with van der Waals surface area (Å²) in [6.07, 6.45) is 0.414. The van der Waals surface area contributed by atoms with Crippen molar-refractivity contribution in [2.45, 2.75) is 31.7 Å². The van der Waals surface area contributed by atoms with Gasteiger partial charge in [-0.25, -0.2) is 0 Å². The van der Waals surface area contributed by atoms with E-state index in [0.717, 1.165) is 10.5 Å². The van der Waals surface area contributed by atoms with E-state index in [2.05, 4.69) is 37.9 Å². The lowest BCUT2D eigenvalue weighted by Gasteiger charge is -2.04. The van der Waals surface area contributed by atoms with Crippen LogP contribution in [0.1, 0.15) is 20.9 Å². The van der Waals surface area contributed by atoms with E-state index in [9.17, 15) is 4.79 Å². The molecule has 0 saturated carbocycles. The van der Waals surface area contributed by atoms with Crippen LogP contribution in [0.25, 0.3) is 0 Å². The van der Waals surface area contributed by atoms with Crippen molar-refractivity contribution in [3.05, 3.63) is 51.2 Å². The summed E-state index contributed by atoms with van der Waals surface area (Å²) in [4.78, 5) is 15.3. The summed E-state index contributed by atoms with van der Waals surface area (Å²) < 4.78 is 0. The number of hydrogen-bond donors (Lipinski definition) is 2. The minimum Gasteiger partial charge on any atom is -0.351 e. The van der Waals surface area contributed by atoms with E-state index >= 15 is 0 Å². The number of aryl methyl sites for hydroxylation is 2. The van der Waals surface area contributed by atoms with Gasteiger partial charge >= 0.3 is 0 Å². The lowest BCUT2D eigenvalue weighted by Crippen LogP contribution is -2.24. The molecule has 2 rings (SSSR count). The summed E-state index contributed by atoms with van der Waals surface area (Å²) in [6.45, 7) is 4.81. The van der Waals surface area contributed by atoms with Crippen LogP contribution in [-0.2, 0) is 17.8 Å². The first-order valence-corrected chi connectivity index (χ1v) is 7.41. The number of thiol groups is 1. The zero-order chi connectivity index (χ0) is 13.8. The van der Waals surface area contributed by atoms with Crippen molar-refractivity contribution in [3.8, 4) is 0 Å². The molecule has 100 valence electrons. The second kappa shape index (κ2) is 6.26. The lowest BCUT2D eigenvalue weighted by molar-refractivity contribution is -0.120. The first kappa shape index (κ1) is 14.2. The molecule has 0 fully saturated rings. The zero-order valence-electron chi connectivity index (χ0n) is 11.1. The molecule has 0 aliphatic rings. The number of hydrogen-bond acceptors (Lipinski definition) is 3. The molecule has 4 heteroatoms. The molecule has 0 aliphatic carbocycles. The topological polar surface area (TPSA) is 29.1 Å². The smallest absolute Gasteiger partial charge is 0.224 e. The van der Waals surface area contributed by atoms with Crippen LogP contribution in [0.15, 0.2) is 35.2 Å². The number of benzene rings is 1. The van der Waals surface area contributed by atoms with Gasteiger partial charge in [-0.1, -0.05) is 12.1 Å². The van der Waals surface area contributed by atoms with Gasteiger partial charge in [0.25, 0.3) is 0 Å². The fraction of sp³-hybridized carbons (Fsp3) is 0.267. The Morgan fingerprint density at radius 2 is 1.95 bits per heavy atom. The maximum absolute atomic E-state index is 11.8. The Morgan fingerprint density at radius 1 is 1.26 bits per heavy atom. The highest BCUT2D eigenvalue weighted by Crippen LogP contribution is 2.20. The van der Waals surface area contributed by atoms with Gasteiger partial charge in [0.15, 0.2) is 0 Å².